The SMILES string of the molecule is O=C(CCn1ccc(=O)[nH]c1=O)NC1CC1. The Morgan fingerprint density at radius 1 is 1.50 bits per heavy atom. The summed E-state index contributed by atoms with van der Waals surface area (Å²) in [5, 5.41) is 2.83. The minimum atomic E-state index is -0.480. The van der Waals surface area contributed by atoms with Crippen LogP contribution < -0.4 is 16.6 Å². The molecule has 0 atom stereocenters. The summed E-state index contributed by atoms with van der Waals surface area (Å²) >= 11 is 0. The number of nitrogens with zero attached hydrogens (tertiary/aromatic N) is 1. The first-order chi connectivity index (χ1) is 7.65. The minimum absolute atomic E-state index is 0.0550. The van der Waals surface area contributed by atoms with Crippen LogP contribution in [-0.4, -0.2) is 21.5 Å². The van der Waals surface area contributed by atoms with Crippen molar-refractivity contribution in [1.82, 2.24) is 14.9 Å². The van der Waals surface area contributed by atoms with Crippen LogP contribution in [0.1, 0.15) is 19.3 Å². The molecule has 1 aliphatic carbocycles. The highest BCUT2D eigenvalue weighted by Gasteiger charge is 2.22. The van der Waals surface area contributed by atoms with Crippen molar-refractivity contribution < 1.29 is 4.79 Å². The van der Waals surface area contributed by atoms with Crippen molar-refractivity contribution >= 4 is 5.91 Å². The number of hydrogen-bond acceptors (Lipinski definition) is 3. The van der Waals surface area contributed by atoms with E-state index in [9.17, 15) is 14.4 Å². The van der Waals surface area contributed by atoms with Crippen LogP contribution in [0.5, 0.6) is 0 Å². The first-order valence-corrected chi connectivity index (χ1v) is 5.24. The highest BCUT2D eigenvalue weighted by Crippen LogP contribution is 2.18. The van der Waals surface area contributed by atoms with Crippen molar-refractivity contribution in [3.8, 4) is 0 Å². The Hall–Kier alpha value is -1.85. The zero-order valence-electron chi connectivity index (χ0n) is 8.73. The van der Waals surface area contributed by atoms with Crippen molar-refractivity contribution in [3.05, 3.63) is 33.1 Å². The van der Waals surface area contributed by atoms with E-state index in [1.165, 1.54) is 16.8 Å². The van der Waals surface area contributed by atoms with E-state index in [-0.39, 0.29) is 18.9 Å². The lowest BCUT2D eigenvalue weighted by atomic mass is 10.4. The van der Waals surface area contributed by atoms with E-state index in [1.54, 1.807) is 0 Å². The molecule has 0 aliphatic heterocycles. The summed E-state index contributed by atoms with van der Waals surface area (Å²) in [5.41, 5.74) is -0.907. The molecule has 6 nitrogen and oxygen atoms in total. The molecular formula is C10H13N3O3. The molecule has 0 radical (unpaired) electrons. The van der Waals surface area contributed by atoms with Crippen LogP contribution in [0.3, 0.4) is 0 Å². The van der Waals surface area contributed by atoms with Gasteiger partial charge in [0.25, 0.3) is 5.56 Å². The van der Waals surface area contributed by atoms with Crippen molar-refractivity contribution in [2.45, 2.75) is 31.8 Å². The van der Waals surface area contributed by atoms with E-state index >= 15 is 0 Å². The molecule has 16 heavy (non-hydrogen) atoms. The molecule has 1 heterocycles. The van der Waals surface area contributed by atoms with Gasteiger partial charge in [-0.2, -0.15) is 0 Å². The quantitative estimate of drug-likeness (QED) is 0.701. The summed E-state index contributed by atoms with van der Waals surface area (Å²) in [5.74, 6) is -0.0550. The predicted molar refractivity (Wildman–Crippen MR) is 57.1 cm³/mol. The molecule has 0 bridgehead atoms. The molecule has 0 saturated heterocycles. The van der Waals surface area contributed by atoms with E-state index in [0.29, 0.717) is 6.04 Å². The van der Waals surface area contributed by atoms with Gasteiger partial charge in [0.1, 0.15) is 0 Å². The average Bonchev–Trinajstić information content (AvgIpc) is 3.00. The molecule has 1 aliphatic rings. The molecule has 1 saturated carbocycles. The Morgan fingerprint density at radius 3 is 2.88 bits per heavy atom. The summed E-state index contributed by atoms with van der Waals surface area (Å²) in [7, 11) is 0. The Balaban J connectivity index is 1.90. The normalized spacial score (nSPS) is 14.8. The van der Waals surface area contributed by atoms with Crippen LogP contribution in [0.15, 0.2) is 21.9 Å². The Kier molecular flexibility index (Phi) is 2.89. The number of aryl methyl sites for hydroxylation is 1. The van der Waals surface area contributed by atoms with Gasteiger partial charge in [-0.15, -0.1) is 0 Å². The lowest BCUT2D eigenvalue weighted by Gasteiger charge is -2.04. The Morgan fingerprint density at radius 2 is 2.25 bits per heavy atom. The largest absolute Gasteiger partial charge is 0.353 e. The lowest BCUT2D eigenvalue weighted by molar-refractivity contribution is -0.121. The predicted octanol–water partition coefficient (Wildman–Crippen LogP) is -0.795. The molecular weight excluding hydrogens is 210 g/mol. The maximum absolute atomic E-state index is 11.3. The van der Waals surface area contributed by atoms with Crippen LogP contribution in [-0.2, 0) is 11.3 Å². The van der Waals surface area contributed by atoms with Crippen LogP contribution in [0, 0.1) is 0 Å². The summed E-state index contributed by atoms with van der Waals surface area (Å²) in [6.07, 6.45) is 3.74. The lowest BCUT2D eigenvalue weighted by Crippen LogP contribution is -2.31. The number of aromatic nitrogens is 2. The number of H-pyrrole nitrogens is 1. The molecule has 0 aromatic carbocycles. The molecule has 1 fully saturated rings. The highest BCUT2D eigenvalue weighted by atomic mass is 16.2. The maximum atomic E-state index is 11.3. The molecule has 1 amide bonds. The Labute approximate surface area is 91.3 Å². The van der Waals surface area contributed by atoms with Crippen LogP contribution in [0.25, 0.3) is 0 Å². The number of aromatic amines is 1. The van der Waals surface area contributed by atoms with Gasteiger partial charge in [0, 0.05) is 31.3 Å². The topological polar surface area (TPSA) is 84.0 Å². The van der Waals surface area contributed by atoms with Gasteiger partial charge < -0.3 is 9.88 Å². The number of carbonyl (C=O) groups excluding carboxylic acids is 1. The number of amides is 1. The number of nitrogens with one attached hydrogen (secondary N) is 2. The fraction of sp³-hybridized carbons (Fsp3) is 0.500. The van der Waals surface area contributed by atoms with Gasteiger partial charge in [0.05, 0.1) is 0 Å². The molecule has 0 spiro atoms. The third-order valence-corrected chi connectivity index (χ3v) is 2.42. The van der Waals surface area contributed by atoms with Crippen molar-refractivity contribution in [2.24, 2.45) is 0 Å². The van der Waals surface area contributed by atoms with Gasteiger partial charge in [-0.25, -0.2) is 4.79 Å². The second kappa shape index (κ2) is 4.34. The summed E-state index contributed by atoms with van der Waals surface area (Å²) in [6, 6.07) is 1.60. The van der Waals surface area contributed by atoms with Gasteiger partial charge in [-0.3, -0.25) is 14.6 Å². The van der Waals surface area contributed by atoms with Crippen LogP contribution in [0.4, 0.5) is 0 Å². The molecule has 6 heteroatoms. The third-order valence-electron chi connectivity index (χ3n) is 2.42. The van der Waals surface area contributed by atoms with Crippen LogP contribution in [0.2, 0.25) is 0 Å². The molecule has 2 N–H and O–H groups in total. The monoisotopic (exact) mass is 223 g/mol. The van der Waals surface area contributed by atoms with E-state index in [4.69, 9.17) is 0 Å². The zero-order valence-corrected chi connectivity index (χ0v) is 8.73. The van der Waals surface area contributed by atoms with Crippen molar-refractivity contribution in [2.75, 3.05) is 0 Å². The second-order valence-electron chi connectivity index (χ2n) is 3.90. The smallest absolute Gasteiger partial charge is 0.328 e. The summed E-state index contributed by atoms with van der Waals surface area (Å²) < 4.78 is 1.31. The second-order valence-corrected chi connectivity index (χ2v) is 3.90. The average molecular weight is 223 g/mol. The van der Waals surface area contributed by atoms with Crippen LogP contribution >= 0.6 is 0 Å². The zero-order chi connectivity index (χ0) is 11.5. The fourth-order valence-corrected chi connectivity index (χ4v) is 1.37. The number of carbonyl (C=O) groups is 1. The molecule has 2 rings (SSSR count). The molecule has 0 unspecified atom stereocenters. The summed E-state index contributed by atoms with van der Waals surface area (Å²) in [4.78, 5) is 35.5. The van der Waals surface area contributed by atoms with Gasteiger partial charge in [-0.05, 0) is 12.8 Å². The Bertz CT molecular complexity index is 499. The van der Waals surface area contributed by atoms with E-state index in [1.807, 2.05) is 0 Å². The molecule has 86 valence electrons. The van der Waals surface area contributed by atoms with Crippen molar-refractivity contribution in [3.63, 3.8) is 0 Å². The first kappa shape index (κ1) is 10.7. The number of rotatable bonds is 4. The minimum Gasteiger partial charge on any atom is -0.353 e. The summed E-state index contributed by atoms with van der Waals surface area (Å²) in [6.45, 7) is 0.286. The number of hydrogen-bond donors (Lipinski definition) is 2. The standard InChI is InChI=1S/C10H13N3O3/c14-8(11-7-1-2-7)3-5-13-6-4-9(15)12-10(13)16/h4,6-7H,1-3,5H2,(H,11,14)(H,12,15,16). The fourth-order valence-electron chi connectivity index (χ4n) is 1.37. The van der Waals surface area contributed by atoms with Gasteiger partial charge in [0.15, 0.2) is 0 Å². The van der Waals surface area contributed by atoms with E-state index in [0.717, 1.165) is 12.8 Å². The van der Waals surface area contributed by atoms with E-state index < -0.39 is 11.2 Å². The third kappa shape index (κ3) is 2.82. The molecule has 1 aromatic heterocycles. The maximum Gasteiger partial charge on any atom is 0.328 e. The van der Waals surface area contributed by atoms with Gasteiger partial charge in [0.2, 0.25) is 5.91 Å². The first-order valence-electron chi connectivity index (χ1n) is 5.24. The van der Waals surface area contributed by atoms with Gasteiger partial charge >= 0.3 is 5.69 Å². The van der Waals surface area contributed by atoms with Crippen molar-refractivity contribution in [1.29, 1.82) is 0 Å². The molecule has 1 aromatic rings. The van der Waals surface area contributed by atoms with E-state index in [2.05, 4.69) is 10.3 Å². The highest BCUT2D eigenvalue weighted by molar-refractivity contribution is 5.76. The van der Waals surface area contributed by atoms with Gasteiger partial charge in [-0.1, -0.05) is 0 Å².